The van der Waals surface area contributed by atoms with E-state index >= 15 is 0 Å². The van der Waals surface area contributed by atoms with E-state index in [2.05, 4.69) is 10.3 Å². The molecule has 1 amide bonds. The quantitative estimate of drug-likeness (QED) is 0.801. The standard InChI is InChI=1S/C10H15N3OS/c1-6-5-12-10(15-6)13-9(14)7-3-2-4-8(7)11/h5,7-8H,2-4,11H2,1H3,(H,12,13,14). The summed E-state index contributed by atoms with van der Waals surface area (Å²) >= 11 is 1.49. The van der Waals surface area contributed by atoms with Gasteiger partial charge in [0.2, 0.25) is 5.91 Å². The average Bonchev–Trinajstić information content (AvgIpc) is 2.75. The van der Waals surface area contributed by atoms with Crippen molar-refractivity contribution < 1.29 is 4.79 Å². The molecular formula is C10H15N3OS. The SMILES string of the molecule is Cc1cnc(NC(=O)C2CCCC2N)s1. The van der Waals surface area contributed by atoms with Gasteiger partial charge in [-0.05, 0) is 19.8 Å². The van der Waals surface area contributed by atoms with Crippen molar-refractivity contribution in [3.63, 3.8) is 0 Å². The van der Waals surface area contributed by atoms with Crippen molar-refractivity contribution in [2.45, 2.75) is 32.2 Å². The number of aromatic nitrogens is 1. The summed E-state index contributed by atoms with van der Waals surface area (Å²) in [4.78, 5) is 17.0. The number of carbonyl (C=O) groups is 1. The third kappa shape index (κ3) is 2.35. The Morgan fingerprint density at radius 3 is 3.00 bits per heavy atom. The molecule has 4 nitrogen and oxygen atoms in total. The molecule has 1 aromatic rings. The normalized spacial score (nSPS) is 25.5. The molecule has 15 heavy (non-hydrogen) atoms. The Labute approximate surface area is 92.9 Å². The second kappa shape index (κ2) is 4.28. The number of carbonyl (C=O) groups excluding carboxylic acids is 1. The number of hydrogen-bond acceptors (Lipinski definition) is 4. The van der Waals surface area contributed by atoms with Crippen molar-refractivity contribution in [2.24, 2.45) is 11.7 Å². The third-order valence-corrected chi connectivity index (χ3v) is 3.59. The molecule has 0 aromatic carbocycles. The molecule has 2 atom stereocenters. The molecule has 0 saturated heterocycles. The van der Waals surface area contributed by atoms with Crippen LogP contribution in [0.3, 0.4) is 0 Å². The number of nitrogens with zero attached hydrogens (tertiary/aromatic N) is 1. The van der Waals surface area contributed by atoms with E-state index in [1.807, 2.05) is 6.92 Å². The van der Waals surface area contributed by atoms with Crippen molar-refractivity contribution in [1.82, 2.24) is 4.98 Å². The lowest BCUT2D eigenvalue weighted by molar-refractivity contribution is -0.120. The maximum absolute atomic E-state index is 11.8. The molecule has 0 radical (unpaired) electrons. The summed E-state index contributed by atoms with van der Waals surface area (Å²) in [5.74, 6) is -0.0106. The van der Waals surface area contributed by atoms with Gasteiger partial charge in [0.1, 0.15) is 0 Å². The Kier molecular flexibility index (Phi) is 3.02. The third-order valence-electron chi connectivity index (χ3n) is 2.76. The van der Waals surface area contributed by atoms with E-state index < -0.39 is 0 Å². The van der Waals surface area contributed by atoms with E-state index in [0.29, 0.717) is 5.13 Å². The topological polar surface area (TPSA) is 68.0 Å². The number of anilines is 1. The Morgan fingerprint density at radius 1 is 1.67 bits per heavy atom. The minimum Gasteiger partial charge on any atom is -0.327 e. The van der Waals surface area contributed by atoms with Gasteiger partial charge in [0.25, 0.3) is 0 Å². The highest BCUT2D eigenvalue weighted by Crippen LogP contribution is 2.26. The first-order chi connectivity index (χ1) is 7.16. The van der Waals surface area contributed by atoms with Gasteiger partial charge in [-0.15, -0.1) is 11.3 Å². The van der Waals surface area contributed by atoms with E-state index in [9.17, 15) is 4.79 Å². The summed E-state index contributed by atoms with van der Waals surface area (Å²) in [6, 6.07) is 0.0195. The number of thiazole rings is 1. The monoisotopic (exact) mass is 225 g/mol. The summed E-state index contributed by atoms with van der Waals surface area (Å²) in [6.07, 6.45) is 4.66. The molecule has 1 heterocycles. The molecule has 2 unspecified atom stereocenters. The van der Waals surface area contributed by atoms with Crippen LogP contribution in [0.1, 0.15) is 24.1 Å². The number of hydrogen-bond donors (Lipinski definition) is 2. The highest BCUT2D eigenvalue weighted by atomic mass is 32.1. The lowest BCUT2D eigenvalue weighted by Gasteiger charge is -2.13. The summed E-state index contributed by atoms with van der Waals surface area (Å²) in [5.41, 5.74) is 5.86. The van der Waals surface area contributed by atoms with Crippen LogP contribution in [0, 0.1) is 12.8 Å². The molecule has 0 spiro atoms. The predicted molar refractivity (Wildman–Crippen MR) is 60.8 cm³/mol. The molecule has 2 rings (SSSR count). The van der Waals surface area contributed by atoms with E-state index in [-0.39, 0.29) is 17.9 Å². The molecule has 1 aromatic heterocycles. The minimum absolute atomic E-state index is 0.0195. The smallest absolute Gasteiger partial charge is 0.230 e. The first kappa shape index (κ1) is 10.6. The Balaban J connectivity index is 1.97. The first-order valence-electron chi connectivity index (χ1n) is 5.15. The molecule has 1 aliphatic carbocycles. The zero-order valence-electron chi connectivity index (χ0n) is 8.69. The van der Waals surface area contributed by atoms with Crippen LogP contribution in [-0.2, 0) is 4.79 Å². The number of nitrogens with one attached hydrogen (secondary N) is 1. The van der Waals surface area contributed by atoms with Crippen LogP contribution in [0.15, 0.2) is 6.20 Å². The van der Waals surface area contributed by atoms with Crippen LogP contribution < -0.4 is 11.1 Å². The molecule has 82 valence electrons. The number of amides is 1. The molecule has 5 heteroatoms. The number of rotatable bonds is 2. The van der Waals surface area contributed by atoms with Crippen molar-refractivity contribution in [2.75, 3.05) is 5.32 Å². The van der Waals surface area contributed by atoms with Gasteiger partial charge >= 0.3 is 0 Å². The van der Waals surface area contributed by atoms with Crippen LogP contribution in [0.25, 0.3) is 0 Å². The van der Waals surface area contributed by atoms with Gasteiger partial charge in [-0.25, -0.2) is 4.98 Å². The molecule has 3 N–H and O–H groups in total. The Morgan fingerprint density at radius 2 is 2.47 bits per heavy atom. The van der Waals surface area contributed by atoms with E-state index in [4.69, 9.17) is 5.73 Å². The van der Waals surface area contributed by atoms with Gasteiger partial charge < -0.3 is 11.1 Å². The van der Waals surface area contributed by atoms with E-state index in [1.54, 1.807) is 6.20 Å². The summed E-state index contributed by atoms with van der Waals surface area (Å²) in [6.45, 7) is 1.97. The van der Waals surface area contributed by atoms with E-state index in [0.717, 1.165) is 24.1 Å². The summed E-state index contributed by atoms with van der Waals surface area (Å²) in [7, 11) is 0. The Bertz CT molecular complexity index is 363. The van der Waals surface area contributed by atoms with Crippen LogP contribution in [0.2, 0.25) is 0 Å². The predicted octanol–water partition coefficient (Wildman–Crippen LogP) is 1.52. The van der Waals surface area contributed by atoms with E-state index in [1.165, 1.54) is 11.3 Å². The van der Waals surface area contributed by atoms with Crippen molar-refractivity contribution in [3.05, 3.63) is 11.1 Å². The summed E-state index contributed by atoms with van der Waals surface area (Å²) < 4.78 is 0. The zero-order valence-corrected chi connectivity index (χ0v) is 9.51. The summed E-state index contributed by atoms with van der Waals surface area (Å²) in [5, 5.41) is 3.50. The van der Waals surface area contributed by atoms with Gasteiger partial charge in [0, 0.05) is 17.1 Å². The maximum Gasteiger partial charge on any atom is 0.230 e. The largest absolute Gasteiger partial charge is 0.327 e. The van der Waals surface area contributed by atoms with Gasteiger partial charge in [-0.2, -0.15) is 0 Å². The Hall–Kier alpha value is -0.940. The fraction of sp³-hybridized carbons (Fsp3) is 0.600. The second-order valence-electron chi connectivity index (χ2n) is 3.97. The van der Waals surface area contributed by atoms with Crippen molar-refractivity contribution in [1.29, 1.82) is 0 Å². The molecule has 1 fully saturated rings. The van der Waals surface area contributed by atoms with Crippen LogP contribution in [0.4, 0.5) is 5.13 Å². The van der Waals surface area contributed by atoms with Crippen LogP contribution in [-0.4, -0.2) is 16.9 Å². The first-order valence-corrected chi connectivity index (χ1v) is 5.97. The molecule has 1 aliphatic rings. The van der Waals surface area contributed by atoms with Crippen LogP contribution >= 0.6 is 11.3 Å². The van der Waals surface area contributed by atoms with Crippen LogP contribution in [0.5, 0.6) is 0 Å². The van der Waals surface area contributed by atoms with Crippen molar-refractivity contribution in [3.8, 4) is 0 Å². The molecular weight excluding hydrogens is 210 g/mol. The molecule has 0 bridgehead atoms. The zero-order chi connectivity index (χ0) is 10.8. The maximum atomic E-state index is 11.8. The fourth-order valence-corrected chi connectivity index (χ4v) is 2.59. The van der Waals surface area contributed by atoms with Gasteiger partial charge in [-0.1, -0.05) is 6.42 Å². The van der Waals surface area contributed by atoms with Gasteiger partial charge in [0.05, 0.1) is 5.92 Å². The molecule has 0 aliphatic heterocycles. The van der Waals surface area contributed by atoms with Crippen molar-refractivity contribution >= 4 is 22.4 Å². The number of nitrogens with two attached hydrogens (primary N) is 1. The second-order valence-corrected chi connectivity index (χ2v) is 5.20. The highest BCUT2D eigenvalue weighted by molar-refractivity contribution is 7.15. The minimum atomic E-state index is -0.0331. The average molecular weight is 225 g/mol. The van der Waals surface area contributed by atoms with Gasteiger partial charge in [0.15, 0.2) is 5.13 Å². The highest BCUT2D eigenvalue weighted by Gasteiger charge is 2.30. The molecule has 1 saturated carbocycles. The van der Waals surface area contributed by atoms with Gasteiger partial charge in [-0.3, -0.25) is 4.79 Å². The lowest BCUT2D eigenvalue weighted by Crippen LogP contribution is -2.34. The lowest BCUT2D eigenvalue weighted by atomic mass is 10.0. The number of aryl methyl sites for hydroxylation is 1. The fourth-order valence-electron chi connectivity index (χ4n) is 1.92.